The largest absolute Gasteiger partial charge is 0.351 e. The zero-order valence-electron chi connectivity index (χ0n) is 9.40. The number of rotatable bonds is 2. The summed E-state index contributed by atoms with van der Waals surface area (Å²) in [5, 5.41) is 15.2. The normalized spacial score (nSPS) is 9.83. The van der Waals surface area contributed by atoms with Crippen LogP contribution >= 0.6 is 15.9 Å². The Kier molecular flexibility index (Phi) is 3.44. The van der Waals surface area contributed by atoms with Crippen molar-refractivity contribution >= 4 is 27.5 Å². The van der Waals surface area contributed by atoms with Gasteiger partial charge in [0, 0.05) is 10.5 Å². The highest BCUT2D eigenvalue weighted by Gasteiger charge is 2.13. The number of carbonyl (C=O) groups is 1. The first-order valence-corrected chi connectivity index (χ1v) is 5.84. The predicted octanol–water partition coefficient (Wildman–Crippen LogP) is 2.87. The van der Waals surface area contributed by atoms with Crippen molar-refractivity contribution in [1.29, 1.82) is 5.26 Å². The fraction of sp³-hybridized carbons (Fsp3) is 0.0833. The van der Waals surface area contributed by atoms with Gasteiger partial charge < -0.3 is 9.84 Å². The third-order valence-corrected chi connectivity index (χ3v) is 2.70. The van der Waals surface area contributed by atoms with Gasteiger partial charge in [-0.3, -0.25) is 4.79 Å². The number of nitrogens with zero attached hydrogens (tertiary/aromatic N) is 2. The van der Waals surface area contributed by atoms with Crippen LogP contribution in [0, 0.1) is 18.3 Å². The summed E-state index contributed by atoms with van der Waals surface area (Å²) in [4.78, 5) is 11.8. The molecule has 1 aromatic heterocycles. The zero-order valence-corrected chi connectivity index (χ0v) is 11.0. The van der Waals surface area contributed by atoms with Crippen LogP contribution in [-0.2, 0) is 0 Å². The van der Waals surface area contributed by atoms with Gasteiger partial charge >= 0.3 is 0 Å². The molecule has 0 bridgehead atoms. The standard InChI is InChI=1S/C12H8BrN3O2/c1-7-4-11(18-16-7)12(17)15-10-5-9(13)3-2-8(10)6-14/h2-5H,1H3,(H,15,17). The van der Waals surface area contributed by atoms with E-state index in [0.29, 0.717) is 16.9 Å². The summed E-state index contributed by atoms with van der Waals surface area (Å²) in [6.45, 7) is 1.72. The summed E-state index contributed by atoms with van der Waals surface area (Å²) >= 11 is 3.28. The van der Waals surface area contributed by atoms with Gasteiger partial charge in [-0.15, -0.1) is 0 Å². The van der Waals surface area contributed by atoms with Gasteiger partial charge in [-0.05, 0) is 25.1 Å². The molecule has 0 unspecified atom stereocenters. The fourth-order valence-electron chi connectivity index (χ4n) is 1.37. The summed E-state index contributed by atoms with van der Waals surface area (Å²) in [6.07, 6.45) is 0. The molecule has 2 aromatic rings. The smallest absolute Gasteiger partial charge is 0.294 e. The zero-order chi connectivity index (χ0) is 13.1. The average Bonchev–Trinajstić information content (AvgIpc) is 2.76. The molecule has 0 saturated heterocycles. The first-order chi connectivity index (χ1) is 8.60. The highest BCUT2D eigenvalue weighted by atomic mass is 79.9. The van der Waals surface area contributed by atoms with Crippen molar-refractivity contribution in [3.8, 4) is 6.07 Å². The SMILES string of the molecule is Cc1cc(C(=O)Nc2cc(Br)ccc2C#N)on1. The fourth-order valence-corrected chi connectivity index (χ4v) is 1.73. The van der Waals surface area contributed by atoms with Gasteiger partial charge in [0.2, 0.25) is 5.76 Å². The number of carbonyl (C=O) groups excluding carboxylic acids is 1. The van der Waals surface area contributed by atoms with E-state index in [1.807, 2.05) is 6.07 Å². The van der Waals surface area contributed by atoms with Gasteiger partial charge in [-0.2, -0.15) is 5.26 Å². The molecule has 90 valence electrons. The van der Waals surface area contributed by atoms with Crippen LogP contribution in [0.3, 0.4) is 0 Å². The molecule has 2 rings (SSSR count). The molecule has 0 aliphatic rings. The number of benzene rings is 1. The van der Waals surface area contributed by atoms with E-state index in [1.54, 1.807) is 25.1 Å². The van der Waals surface area contributed by atoms with Gasteiger partial charge in [0.25, 0.3) is 5.91 Å². The molecular weight excluding hydrogens is 298 g/mol. The van der Waals surface area contributed by atoms with Gasteiger partial charge in [-0.25, -0.2) is 0 Å². The van der Waals surface area contributed by atoms with Crippen molar-refractivity contribution in [3.63, 3.8) is 0 Å². The average molecular weight is 306 g/mol. The van der Waals surface area contributed by atoms with Crippen LogP contribution in [0.5, 0.6) is 0 Å². The summed E-state index contributed by atoms with van der Waals surface area (Å²) < 4.78 is 5.61. The Morgan fingerprint density at radius 3 is 2.89 bits per heavy atom. The van der Waals surface area contributed by atoms with Crippen LogP contribution in [0.15, 0.2) is 33.3 Å². The van der Waals surface area contributed by atoms with Crippen LogP contribution in [0.1, 0.15) is 21.8 Å². The van der Waals surface area contributed by atoms with Gasteiger partial charge in [0.05, 0.1) is 16.9 Å². The molecule has 1 amide bonds. The maximum Gasteiger partial charge on any atom is 0.294 e. The Hall–Kier alpha value is -2.13. The monoisotopic (exact) mass is 305 g/mol. The lowest BCUT2D eigenvalue weighted by molar-refractivity contribution is 0.0988. The number of nitriles is 1. The van der Waals surface area contributed by atoms with Crippen molar-refractivity contribution in [1.82, 2.24) is 5.16 Å². The number of nitrogens with one attached hydrogen (secondary N) is 1. The quantitative estimate of drug-likeness (QED) is 0.925. The van der Waals surface area contributed by atoms with Crippen molar-refractivity contribution in [2.24, 2.45) is 0 Å². The van der Waals surface area contributed by atoms with Gasteiger partial charge in [0.15, 0.2) is 0 Å². The first kappa shape index (κ1) is 12.3. The number of anilines is 1. The van der Waals surface area contributed by atoms with Crippen LogP contribution in [0.2, 0.25) is 0 Å². The second-order valence-electron chi connectivity index (χ2n) is 3.59. The van der Waals surface area contributed by atoms with E-state index in [2.05, 4.69) is 26.4 Å². The number of hydrogen-bond acceptors (Lipinski definition) is 4. The molecule has 18 heavy (non-hydrogen) atoms. The minimum absolute atomic E-state index is 0.108. The Labute approximate surface area is 112 Å². The van der Waals surface area contributed by atoms with E-state index in [9.17, 15) is 4.79 Å². The van der Waals surface area contributed by atoms with E-state index in [-0.39, 0.29) is 5.76 Å². The molecule has 0 aliphatic heterocycles. The van der Waals surface area contributed by atoms with Crippen LogP contribution in [-0.4, -0.2) is 11.1 Å². The first-order valence-electron chi connectivity index (χ1n) is 5.04. The minimum atomic E-state index is -0.440. The van der Waals surface area contributed by atoms with E-state index in [0.717, 1.165) is 4.47 Å². The molecule has 0 saturated carbocycles. The molecule has 6 heteroatoms. The van der Waals surface area contributed by atoms with Crippen molar-refractivity contribution in [2.45, 2.75) is 6.92 Å². The number of aromatic nitrogens is 1. The Bertz CT molecular complexity index is 643. The minimum Gasteiger partial charge on any atom is -0.351 e. The van der Waals surface area contributed by atoms with E-state index < -0.39 is 5.91 Å². The predicted molar refractivity (Wildman–Crippen MR) is 68.1 cm³/mol. The molecule has 1 N–H and O–H groups in total. The van der Waals surface area contributed by atoms with Crippen LogP contribution < -0.4 is 5.32 Å². The van der Waals surface area contributed by atoms with E-state index in [1.165, 1.54) is 6.07 Å². The maximum absolute atomic E-state index is 11.8. The van der Waals surface area contributed by atoms with E-state index in [4.69, 9.17) is 9.78 Å². The molecule has 0 radical (unpaired) electrons. The Morgan fingerprint density at radius 1 is 1.50 bits per heavy atom. The summed E-state index contributed by atoms with van der Waals surface area (Å²) in [5.41, 5.74) is 1.42. The van der Waals surface area contributed by atoms with Crippen molar-refractivity contribution in [3.05, 3.63) is 45.8 Å². The van der Waals surface area contributed by atoms with Crippen LogP contribution in [0.25, 0.3) is 0 Å². The van der Waals surface area contributed by atoms with Gasteiger partial charge in [0.1, 0.15) is 6.07 Å². The summed E-state index contributed by atoms with van der Waals surface area (Å²) in [6, 6.07) is 8.53. The lowest BCUT2D eigenvalue weighted by Crippen LogP contribution is -2.12. The van der Waals surface area contributed by atoms with Crippen LogP contribution in [0.4, 0.5) is 5.69 Å². The lowest BCUT2D eigenvalue weighted by Gasteiger charge is -2.05. The molecule has 0 spiro atoms. The number of halogens is 1. The molecule has 1 heterocycles. The number of hydrogen-bond donors (Lipinski definition) is 1. The topological polar surface area (TPSA) is 78.9 Å². The van der Waals surface area contributed by atoms with Gasteiger partial charge in [-0.1, -0.05) is 21.1 Å². The summed E-state index contributed by atoms with van der Waals surface area (Å²) in [5.74, 6) is -0.332. The lowest BCUT2D eigenvalue weighted by atomic mass is 10.2. The number of aryl methyl sites for hydroxylation is 1. The third kappa shape index (κ3) is 2.57. The van der Waals surface area contributed by atoms with E-state index >= 15 is 0 Å². The van der Waals surface area contributed by atoms with Crippen molar-refractivity contribution in [2.75, 3.05) is 5.32 Å². The third-order valence-electron chi connectivity index (χ3n) is 2.20. The highest BCUT2D eigenvalue weighted by Crippen LogP contribution is 2.21. The molecular formula is C12H8BrN3O2. The Balaban J connectivity index is 2.27. The maximum atomic E-state index is 11.8. The second-order valence-corrected chi connectivity index (χ2v) is 4.50. The Morgan fingerprint density at radius 2 is 2.28 bits per heavy atom. The molecule has 5 nitrogen and oxygen atoms in total. The molecule has 1 aromatic carbocycles. The molecule has 0 aliphatic carbocycles. The second kappa shape index (κ2) is 5.02. The van der Waals surface area contributed by atoms with Crippen molar-refractivity contribution < 1.29 is 9.32 Å². The number of amides is 1. The molecule has 0 fully saturated rings. The summed E-state index contributed by atoms with van der Waals surface area (Å²) in [7, 11) is 0. The molecule has 0 atom stereocenters. The highest BCUT2D eigenvalue weighted by molar-refractivity contribution is 9.10.